The van der Waals surface area contributed by atoms with Crippen LogP contribution >= 0.6 is 24.0 Å². The second kappa shape index (κ2) is 2.68. The van der Waals surface area contributed by atoms with Gasteiger partial charge in [0.2, 0.25) is 0 Å². The minimum atomic E-state index is 0.895. The van der Waals surface area contributed by atoms with Crippen LogP contribution in [0, 0.1) is 6.92 Å². The van der Waals surface area contributed by atoms with Crippen LogP contribution in [0.4, 0.5) is 5.00 Å². The fourth-order valence-electron chi connectivity index (χ4n) is 1.30. The minimum absolute atomic E-state index is 0.895. The Kier molecular flexibility index (Phi) is 1.77. The van der Waals surface area contributed by atoms with Gasteiger partial charge in [0.25, 0.3) is 0 Å². The first-order chi connectivity index (χ1) is 5.70. The number of hydrogen-bond donors (Lipinski definition) is 2. The molecule has 1 nitrogen and oxygen atoms in total. The Hall–Kier alpha value is -0.670. The molecular formula is C9H9NS2. The van der Waals surface area contributed by atoms with Crippen molar-refractivity contribution in [2.24, 2.45) is 0 Å². The van der Waals surface area contributed by atoms with Gasteiger partial charge in [-0.25, -0.2) is 0 Å². The van der Waals surface area contributed by atoms with Crippen LogP contribution in [0.1, 0.15) is 5.56 Å². The third-order valence-electron chi connectivity index (χ3n) is 1.97. The lowest BCUT2D eigenvalue weighted by molar-refractivity contribution is 1.51. The number of thiol groups is 1. The molecule has 0 spiro atoms. The third kappa shape index (κ3) is 1.01. The van der Waals surface area contributed by atoms with Gasteiger partial charge in [0.05, 0.1) is 5.00 Å². The van der Waals surface area contributed by atoms with E-state index in [0.29, 0.717) is 0 Å². The zero-order valence-corrected chi connectivity index (χ0v) is 8.38. The molecule has 2 N–H and O–H groups in total. The van der Waals surface area contributed by atoms with Crippen LogP contribution in [0.15, 0.2) is 23.1 Å². The Bertz CT molecular complexity index is 431. The molecule has 0 atom stereocenters. The second-order valence-corrected chi connectivity index (χ2v) is 4.31. The molecule has 2 aromatic rings. The Labute approximate surface area is 80.6 Å². The molecule has 0 radical (unpaired) electrons. The van der Waals surface area contributed by atoms with Crippen LogP contribution in [0.3, 0.4) is 0 Å². The van der Waals surface area contributed by atoms with Gasteiger partial charge in [0.1, 0.15) is 0 Å². The van der Waals surface area contributed by atoms with Gasteiger partial charge in [0.15, 0.2) is 0 Å². The summed E-state index contributed by atoms with van der Waals surface area (Å²) in [6.07, 6.45) is 0. The Morgan fingerprint density at radius 3 is 2.83 bits per heavy atom. The van der Waals surface area contributed by atoms with Gasteiger partial charge in [-0.05, 0) is 24.6 Å². The molecule has 0 saturated carbocycles. The standard InChI is InChI=1S/C9H9NS2/c1-5-8-6(11)3-2-4-7(8)12-9(5)10/h2-4,11H,10H2,1H3. The molecule has 0 fully saturated rings. The van der Waals surface area contributed by atoms with E-state index in [4.69, 9.17) is 5.73 Å². The van der Waals surface area contributed by atoms with Crippen molar-refractivity contribution >= 4 is 39.1 Å². The summed E-state index contributed by atoms with van der Waals surface area (Å²) in [7, 11) is 0. The van der Waals surface area contributed by atoms with E-state index in [1.54, 1.807) is 11.3 Å². The van der Waals surface area contributed by atoms with Crippen molar-refractivity contribution in [1.29, 1.82) is 0 Å². The number of anilines is 1. The molecule has 1 aromatic heterocycles. The Morgan fingerprint density at radius 1 is 1.42 bits per heavy atom. The quantitative estimate of drug-likeness (QED) is 0.621. The Morgan fingerprint density at radius 2 is 2.17 bits per heavy atom. The first-order valence-electron chi connectivity index (χ1n) is 3.66. The van der Waals surface area contributed by atoms with Gasteiger partial charge >= 0.3 is 0 Å². The molecule has 62 valence electrons. The normalized spacial score (nSPS) is 10.8. The van der Waals surface area contributed by atoms with Crippen molar-refractivity contribution in [2.45, 2.75) is 11.8 Å². The lowest BCUT2D eigenvalue weighted by Crippen LogP contribution is -1.80. The molecule has 1 heterocycles. The topological polar surface area (TPSA) is 26.0 Å². The summed E-state index contributed by atoms with van der Waals surface area (Å²) in [6.45, 7) is 2.04. The van der Waals surface area contributed by atoms with Crippen LogP contribution < -0.4 is 5.73 Å². The summed E-state index contributed by atoms with van der Waals surface area (Å²) in [5, 5.41) is 2.09. The van der Waals surface area contributed by atoms with E-state index >= 15 is 0 Å². The maximum absolute atomic E-state index is 5.81. The predicted molar refractivity (Wildman–Crippen MR) is 58.2 cm³/mol. The fraction of sp³-hybridized carbons (Fsp3) is 0.111. The maximum atomic E-state index is 5.81. The molecule has 1 aromatic carbocycles. The first-order valence-corrected chi connectivity index (χ1v) is 4.93. The lowest BCUT2D eigenvalue weighted by atomic mass is 10.2. The number of benzene rings is 1. The van der Waals surface area contributed by atoms with Gasteiger partial charge in [-0.3, -0.25) is 0 Å². The van der Waals surface area contributed by atoms with Crippen molar-refractivity contribution in [2.75, 3.05) is 5.73 Å². The van der Waals surface area contributed by atoms with Gasteiger partial charge < -0.3 is 5.73 Å². The zero-order chi connectivity index (χ0) is 8.72. The summed E-state index contributed by atoms with van der Waals surface area (Å²) in [6, 6.07) is 6.06. The zero-order valence-electron chi connectivity index (χ0n) is 6.66. The smallest absolute Gasteiger partial charge is 0.0898 e. The fourth-order valence-corrected chi connectivity index (χ4v) is 2.75. The minimum Gasteiger partial charge on any atom is -0.390 e. The molecule has 0 bridgehead atoms. The number of aryl methyl sites for hydroxylation is 1. The maximum Gasteiger partial charge on any atom is 0.0898 e. The van der Waals surface area contributed by atoms with E-state index in [-0.39, 0.29) is 0 Å². The van der Waals surface area contributed by atoms with Crippen molar-refractivity contribution in [3.63, 3.8) is 0 Å². The van der Waals surface area contributed by atoms with Crippen molar-refractivity contribution in [1.82, 2.24) is 0 Å². The highest BCUT2D eigenvalue weighted by atomic mass is 32.1. The predicted octanol–water partition coefficient (Wildman–Crippen LogP) is 3.08. The SMILES string of the molecule is Cc1c(N)sc2cccc(S)c12. The van der Waals surface area contributed by atoms with Crippen molar-refractivity contribution in [3.8, 4) is 0 Å². The average Bonchev–Trinajstić information content (AvgIpc) is 2.29. The van der Waals surface area contributed by atoms with Gasteiger partial charge in [0, 0.05) is 15.0 Å². The summed E-state index contributed by atoms with van der Waals surface area (Å²) < 4.78 is 1.22. The first kappa shape index (κ1) is 7.95. The highest BCUT2D eigenvalue weighted by Crippen LogP contribution is 2.35. The van der Waals surface area contributed by atoms with E-state index in [2.05, 4.69) is 18.7 Å². The van der Waals surface area contributed by atoms with E-state index in [9.17, 15) is 0 Å². The number of rotatable bonds is 0. The van der Waals surface area contributed by atoms with Crippen molar-refractivity contribution in [3.05, 3.63) is 23.8 Å². The van der Waals surface area contributed by atoms with Crippen LogP contribution in [-0.2, 0) is 0 Å². The van der Waals surface area contributed by atoms with Crippen LogP contribution in [0.5, 0.6) is 0 Å². The molecular weight excluding hydrogens is 186 g/mol. The van der Waals surface area contributed by atoms with Crippen molar-refractivity contribution < 1.29 is 0 Å². The molecule has 0 saturated heterocycles. The molecule has 3 heteroatoms. The van der Waals surface area contributed by atoms with Crippen LogP contribution in [0.25, 0.3) is 10.1 Å². The average molecular weight is 195 g/mol. The number of thiophene rings is 1. The van der Waals surface area contributed by atoms with E-state index in [1.165, 1.54) is 10.1 Å². The molecule has 0 aliphatic heterocycles. The summed E-state index contributed by atoms with van der Waals surface area (Å²) >= 11 is 6.01. The largest absolute Gasteiger partial charge is 0.390 e. The number of fused-ring (bicyclic) bond motifs is 1. The molecule has 0 aliphatic carbocycles. The van der Waals surface area contributed by atoms with E-state index in [1.807, 2.05) is 19.1 Å². The van der Waals surface area contributed by atoms with Crippen LogP contribution in [0.2, 0.25) is 0 Å². The second-order valence-electron chi connectivity index (χ2n) is 2.74. The highest BCUT2D eigenvalue weighted by Gasteiger charge is 2.06. The van der Waals surface area contributed by atoms with Gasteiger partial charge in [-0.15, -0.1) is 24.0 Å². The third-order valence-corrected chi connectivity index (χ3v) is 3.43. The summed E-state index contributed by atoms with van der Waals surface area (Å²) in [5.74, 6) is 0. The van der Waals surface area contributed by atoms with Gasteiger partial charge in [-0.2, -0.15) is 0 Å². The van der Waals surface area contributed by atoms with Crippen LogP contribution in [-0.4, -0.2) is 0 Å². The summed E-state index contributed by atoms with van der Waals surface area (Å²) in [4.78, 5) is 1.01. The van der Waals surface area contributed by atoms with E-state index < -0.39 is 0 Å². The molecule has 2 rings (SSSR count). The molecule has 0 unspecified atom stereocenters. The Balaban J connectivity index is 2.97. The number of hydrogen-bond acceptors (Lipinski definition) is 3. The summed E-state index contributed by atoms with van der Waals surface area (Å²) in [5.41, 5.74) is 6.96. The number of nitrogen functional groups attached to an aromatic ring is 1. The monoisotopic (exact) mass is 195 g/mol. The molecule has 12 heavy (non-hydrogen) atoms. The lowest BCUT2D eigenvalue weighted by Gasteiger charge is -1.95. The number of nitrogens with two attached hydrogens (primary N) is 1. The molecule has 0 aliphatic rings. The molecule has 0 amide bonds. The highest BCUT2D eigenvalue weighted by molar-refractivity contribution is 7.80. The van der Waals surface area contributed by atoms with E-state index in [0.717, 1.165) is 15.5 Å². The van der Waals surface area contributed by atoms with Gasteiger partial charge in [-0.1, -0.05) is 6.07 Å².